The maximum Gasteiger partial charge on any atom is 0.0652 e. The molecule has 4 aromatic rings. The highest BCUT2D eigenvalue weighted by molar-refractivity contribution is 5.86. The van der Waals surface area contributed by atoms with E-state index in [1.165, 1.54) is 22.3 Å². The van der Waals surface area contributed by atoms with E-state index in [1.54, 1.807) is 0 Å². The van der Waals surface area contributed by atoms with E-state index in [-0.39, 0.29) is 0 Å². The van der Waals surface area contributed by atoms with E-state index in [1.807, 2.05) is 47.6 Å². The second kappa shape index (κ2) is 7.16. The van der Waals surface area contributed by atoms with Gasteiger partial charge >= 0.3 is 0 Å². The Morgan fingerprint density at radius 3 is 1.93 bits per heavy atom. The molecule has 0 amide bonds. The van der Waals surface area contributed by atoms with E-state index < -0.39 is 0 Å². The summed E-state index contributed by atoms with van der Waals surface area (Å²) in [6, 6.07) is 35.8. The molecule has 0 radical (unpaired) electrons. The van der Waals surface area contributed by atoms with Gasteiger partial charge in [0.15, 0.2) is 0 Å². The van der Waals surface area contributed by atoms with Gasteiger partial charge in [0.05, 0.1) is 17.6 Å². The number of nitrogens with zero attached hydrogens (tertiary/aromatic N) is 2. The van der Waals surface area contributed by atoms with E-state index >= 15 is 0 Å². The van der Waals surface area contributed by atoms with E-state index in [2.05, 4.69) is 66.7 Å². The fraction of sp³-hybridized carbons (Fsp3) is 0.0385. The Labute approximate surface area is 165 Å². The molecule has 0 saturated heterocycles. The lowest BCUT2D eigenvalue weighted by molar-refractivity contribution is 1.09. The van der Waals surface area contributed by atoms with Gasteiger partial charge in [-0.2, -0.15) is 5.10 Å². The van der Waals surface area contributed by atoms with Crippen LogP contribution in [-0.4, -0.2) is 6.21 Å². The van der Waals surface area contributed by atoms with E-state index in [0.717, 1.165) is 23.4 Å². The number of rotatable bonds is 4. The van der Waals surface area contributed by atoms with Crippen LogP contribution in [0.15, 0.2) is 108 Å². The molecule has 0 N–H and O–H groups in total. The molecular formula is C26H20N2. The number of hydrogen-bond acceptors (Lipinski definition) is 2. The van der Waals surface area contributed by atoms with Gasteiger partial charge < -0.3 is 0 Å². The van der Waals surface area contributed by atoms with Crippen LogP contribution in [0.3, 0.4) is 0 Å². The van der Waals surface area contributed by atoms with Crippen molar-refractivity contribution < 1.29 is 0 Å². The van der Waals surface area contributed by atoms with Gasteiger partial charge in [-0.3, -0.25) is 0 Å². The summed E-state index contributed by atoms with van der Waals surface area (Å²) >= 11 is 0. The molecule has 0 bridgehead atoms. The van der Waals surface area contributed by atoms with Crippen LogP contribution in [0.25, 0.3) is 11.1 Å². The van der Waals surface area contributed by atoms with Crippen LogP contribution in [0.4, 0.5) is 11.4 Å². The molecule has 4 aromatic carbocycles. The molecule has 0 saturated carbocycles. The summed E-state index contributed by atoms with van der Waals surface area (Å²) in [4.78, 5) is 0. The average molecular weight is 360 g/mol. The highest BCUT2D eigenvalue weighted by atomic mass is 15.5. The van der Waals surface area contributed by atoms with Crippen molar-refractivity contribution in [2.75, 3.05) is 5.01 Å². The molecule has 1 aliphatic rings. The summed E-state index contributed by atoms with van der Waals surface area (Å²) in [5, 5.41) is 6.79. The number of benzene rings is 4. The maximum absolute atomic E-state index is 4.82. The average Bonchev–Trinajstić information content (AvgIpc) is 3.13. The van der Waals surface area contributed by atoms with Crippen LogP contribution in [0, 0.1) is 0 Å². The summed E-state index contributed by atoms with van der Waals surface area (Å²) in [6.45, 7) is 0. The Kier molecular flexibility index (Phi) is 4.23. The Bertz CT molecular complexity index is 1090. The van der Waals surface area contributed by atoms with Crippen LogP contribution < -0.4 is 5.01 Å². The van der Waals surface area contributed by atoms with Crippen LogP contribution in [-0.2, 0) is 6.42 Å². The van der Waals surface area contributed by atoms with Crippen molar-refractivity contribution in [2.24, 2.45) is 5.10 Å². The van der Waals surface area contributed by atoms with Gasteiger partial charge in [-0.25, -0.2) is 5.01 Å². The Morgan fingerprint density at radius 1 is 0.607 bits per heavy atom. The lowest BCUT2D eigenvalue weighted by Crippen LogP contribution is -2.09. The van der Waals surface area contributed by atoms with Gasteiger partial charge in [0.2, 0.25) is 0 Å². The molecular weight excluding hydrogens is 340 g/mol. The number of hydrogen-bond donors (Lipinski definition) is 0. The van der Waals surface area contributed by atoms with Crippen LogP contribution >= 0.6 is 0 Å². The third-order valence-electron chi connectivity index (χ3n) is 5.14. The second-order valence-electron chi connectivity index (χ2n) is 6.98. The van der Waals surface area contributed by atoms with Crippen molar-refractivity contribution in [1.29, 1.82) is 0 Å². The Balaban J connectivity index is 1.48. The van der Waals surface area contributed by atoms with Crippen molar-refractivity contribution in [3.05, 3.63) is 120 Å². The molecule has 0 spiro atoms. The summed E-state index contributed by atoms with van der Waals surface area (Å²) in [6.07, 6.45) is 2.94. The molecule has 0 aliphatic heterocycles. The molecule has 2 nitrogen and oxygen atoms in total. The minimum atomic E-state index is 0.994. The zero-order valence-electron chi connectivity index (χ0n) is 15.5. The van der Waals surface area contributed by atoms with E-state index in [0.29, 0.717) is 0 Å². The smallest absolute Gasteiger partial charge is 0.0652 e. The SMILES string of the molecule is C(=NN(c1ccccc1)c1ccccc1)c1ccc2c(c1)Cc1ccccc1-2. The summed E-state index contributed by atoms with van der Waals surface area (Å²) < 4.78 is 0. The highest BCUT2D eigenvalue weighted by Gasteiger charge is 2.17. The zero-order chi connectivity index (χ0) is 18.8. The van der Waals surface area contributed by atoms with Crippen molar-refractivity contribution >= 4 is 17.6 Å². The predicted octanol–water partition coefficient (Wildman–Crippen LogP) is 6.43. The zero-order valence-corrected chi connectivity index (χ0v) is 15.5. The quantitative estimate of drug-likeness (QED) is 0.266. The summed E-state index contributed by atoms with van der Waals surface area (Å²) in [7, 11) is 0. The number of anilines is 2. The molecule has 134 valence electrons. The normalized spacial score (nSPS) is 12.0. The molecule has 5 rings (SSSR count). The van der Waals surface area contributed by atoms with Crippen LogP contribution in [0.2, 0.25) is 0 Å². The fourth-order valence-electron chi connectivity index (χ4n) is 3.79. The fourth-order valence-corrected chi connectivity index (χ4v) is 3.79. The first-order valence-corrected chi connectivity index (χ1v) is 9.54. The molecule has 0 aromatic heterocycles. The van der Waals surface area contributed by atoms with Gasteiger partial charge in [-0.15, -0.1) is 0 Å². The Hall–Kier alpha value is -3.65. The van der Waals surface area contributed by atoms with E-state index in [9.17, 15) is 0 Å². The summed E-state index contributed by atoms with van der Waals surface area (Å²) in [5.74, 6) is 0. The van der Waals surface area contributed by atoms with Crippen molar-refractivity contribution in [2.45, 2.75) is 6.42 Å². The third kappa shape index (κ3) is 3.10. The van der Waals surface area contributed by atoms with Gasteiger partial charge in [-0.05, 0) is 64.6 Å². The highest BCUT2D eigenvalue weighted by Crippen LogP contribution is 2.36. The number of para-hydroxylation sites is 2. The first-order valence-electron chi connectivity index (χ1n) is 9.54. The van der Waals surface area contributed by atoms with E-state index in [4.69, 9.17) is 5.10 Å². The van der Waals surface area contributed by atoms with Crippen molar-refractivity contribution in [3.8, 4) is 11.1 Å². The molecule has 1 aliphatic carbocycles. The maximum atomic E-state index is 4.82. The molecule has 0 atom stereocenters. The minimum Gasteiger partial charge on any atom is -0.234 e. The molecule has 0 unspecified atom stereocenters. The monoisotopic (exact) mass is 360 g/mol. The van der Waals surface area contributed by atoms with Crippen LogP contribution in [0.5, 0.6) is 0 Å². The number of fused-ring (bicyclic) bond motifs is 3. The van der Waals surface area contributed by atoms with Gasteiger partial charge in [-0.1, -0.05) is 72.8 Å². The first kappa shape index (κ1) is 16.5. The number of hydrazone groups is 1. The lowest BCUT2D eigenvalue weighted by atomic mass is 10.0. The third-order valence-corrected chi connectivity index (χ3v) is 5.14. The lowest BCUT2D eigenvalue weighted by Gasteiger charge is -2.19. The minimum absolute atomic E-state index is 0.994. The van der Waals surface area contributed by atoms with Crippen LogP contribution in [0.1, 0.15) is 16.7 Å². The molecule has 0 fully saturated rings. The molecule has 0 heterocycles. The topological polar surface area (TPSA) is 15.6 Å². The second-order valence-corrected chi connectivity index (χ2v) is 6.98. The first-order chi connectivity index (χ1) is 13.9. The largest absolute Gasteiger partial charge is 0.234 e. The predicted molar refractivity (Wildman–Crippen MR) is 117 cm³/mol. The van der Waals surface area contributed by atoms with Gasteiger partial charge in [0, 0.05) is 0 Å². The molecule has 28 heavy (non-hydrogen) atoms. The summed E-state index contributed by atoms with van der Waals surface area (Å²) in [5.41, 5.74) is 8.67. The molecule has 2 heteroatoms. The van der Waals surface area contributed by atoms with Gasteiger partial charge in [0.25, 0.3) is 0 Å². The standard InChI is InChI=1S/C26H20N2/c1-3-10-23(11-4-1)28(24-12-5-2-6-13-24)27-19-20-15-16-26-22(17-20)18-21-9-7-8-14-25(21)26/h1-17,19H,18H2. The van der Waals surface area contributed by atoms with Crippen molar-refractivity contribution in [1.82, 2.24) is 0 Å². The Morgan fingerprint density at radius 2 is 1.21 bits per heavy atom. The van der Waals surface area contributed by atoms with Gasteiger partial charge in [0.1, 0.15) is 0 Å². The van der Waals surface area contributed by atoms with Crippen molar-refractivity contribution in [3.63, 3.8) is 0 Å².